The molecule has 132 valence electrons. The zero-order valence-electron chi connectivity index (χ0n) is 14.7. The van der Waals surface area contributed by atoms with Crippen molar-refractivity contribution >= 4 is 22.8 Å². The van der Waals surface area contributed by atoms with E-state index in [1.807, 2.05) is 49.4 Å². The van der Waals surface area contributed by atoms with Gasteiger partial charge >= 0.3 is 0 Å². The first kappa shape index (κ1) is 16.7. The highest BCUT2D eigenvalue weighted by molar-refractivity contribution is 6.02. The molecule has 0 bridgehead atoms. The van der Waals surface area contributed by atoms with Crippen LogP contribution in [-0.4, -0.2) is 20.9 Å². The van der Waals surface area contributed by atoms with Crippen LogP contribution in [-0.2, 0) is 0 Å². The van der Waals surface area contributed by atoms with Gasteiger partial charge in [0.2, 0.25) is 5.88 Å². The number of hydrogen-bond acceptors (Lipinski definition) is 4. The van der Waals surface area contributed by atoms with Crippen molar-refractivity contribution < 1.29 is 5.11 Å². The largest absolute Gasteiger partial charge is 0.494 e. The van der Waals surface area contributed by atoms with E-state index in [2.05, 4.69) is 9.98 Å². The van der Waals surface area contributed by atoms with E-state index in [1.165, 1.54) is 4.57 Å². The minimum absolute atomic E-state index is 0.151. The summed E-state index contributed by atoms with van der Waals surface area (Å²) >= 11 is 0. The Morgan fingerprint density at radius 2 is 1.67 bits per heavy atom. The molecule has 0 aliphatic heterocycles. The zero-order chi connectivity index (χ0) is 18.8. The standard InChI is InChI=1S/C22H17N3O2/c1-15-9-11-16(12-10-15)25-21(26)18-7-3-2-6-17(18)19(22(25)27)14-24-20-8-4-5-13-23-20/h2-14,27H,1H3. The third-order valence-corrected chi connectivity index (χ3v) is 4.37. The zero-order valence-corrected chi connectivity index (χ0v) is 14.7. The number of benzene rings is 2. The molecular weight excluding hydrogens is 338 g/mol. The molecule has 2 heterocycles. The highest BCUT2D eigenvalue weighted by atomic mass is 16.3. The van der Waals surface area contributed by atoms with Crippen LogP contribution in [0.25, 0.3) is 16.5 Å². The van der Waals surface area contributed by atoms with E-state index < -0.39 is 0 Å². The second-order valence-electron chi connectivity index (χ2n) is 6.21. The summed E-state index contributed by atoms with van der Waals surface area (Å²) in [6.45, 7) is 1.97. The predicted molar refractivity (Wildman–Crippen MR) is 107 cm³/mol. The molecule has 2 aromatic heterocycles. The third kappa shape index (κ3) is 3.11. The summed E-state index contributed by atoms with van der Waals surface area (Å²) in [7, 11) is 0. The number of fused-ring (bicyclic) bond motifs is 1. The first-order valence-electron chi connectivity index (χ1n) is 8.54. The molecule has 0 saturated carbocycles. The Labute approximate surface area is 155 Å². The minimum Gasteiger partial charge on any atom is -0.494 e. The summed E-state index contributed by atoms with van der Waals surface area (Å²) in [6.07, 6.45) is 3.20. The fourth-order valence-electron chi connectivity index (χ4n) is 2.98. The molecule has 0 radical (unpaired) electrons. The van der Waals surface area contributed by atoms with Gasteiger partial charge in [-0.15, -0.1) is 0 Å². The van der Waals surface area contributed by atoms with E-state index in [9.17, 15) is 9.90 Å². The van der Waals surface area contributed by atoms with Gasteiger partial charge in [0.15, 0.2) is 5.82 Å². The number of rotatable bonds is 3. The lowest BCUT2D eigenvalue weighted by Crippen LogP contribution is -2.20. The molecule has 2 aromatic carbocycles. The molecule has 0 spiro atoms. The molecule has 0 unspecified atom stereocenters. The number of aromatic hydroxyl groups is 1. The maximum absolute atomic E-state index is 13.0. The molecule has 5 heteroatoms. The van der Waals surface area contributed by atoms with Crippen LogP contribution in [0.1, 0.15) is 11.1 Å². The third-order valence-electron chi connectivity index (χ3n) is 4.37. The van der Waals surface area contributed by atoms with Crippen LogP contribution < -0.4 is 5.56 Å². The van der Waals surface area contributed by atoms with Crippen LogP contribution in [0.4, 0.5) is 5.82 Å². The Morgan fingerprint density at radius 1 is 0.963 bits per heavy atom. The number of pyridine rings is 2. The number of nitrogens with zero attached hydrogens (tertiary/aromatic N) is 3. The van der Waals surface area contributed by atoms with Crippen LogP contribution in [0.5, 0.6) is 5.88 Å². The van der Waals surface area contributed by atoms with E-state index in [0.717, 1.165) is 5.56 Å². The van der Waals surface area contributed by atoms with Gasteiger partial charge in [-0.3, -0.25) is 4.79 Å². The molecular formula is C22H17N3O2. The lowest BCUT2D eigenvalue weighted by molar-refractivity contribution is 0.436. The van der Waals surface area contributed by atoms with Gasteiger partial charge in [0.1, 0.15) is 0 Å². The summed E-state index contributed by atoms with van der Waals surface area (Å²) in [5, 5.41) is 12.1. The Kier molecular flexibility index (Phi) is 4.26. The maximum atomic E-state index is 13.0. The molecule has 0 aliphatic rings. The van der Waals surface area contributed by atoms with Crippen molar-refractivity contribution in [3.8, 4) is 11.6 Å². The van der Waals surface area contributed by atoms with Gasteiger partial charge in [-0.25, -0.2) is 14.5 Å². The molecule has 0 saturated heterocycles. The number of aliphatic imine (C=N–C) groups is 1. The maximum Gasteiger partial charge on any atom is 0.265 e. The fourth-order valence-corrected chi connectivity index (χ4v) is 2.98. The van der Waals surface area contributed by atoms with Crippen molar-refractivity contribution in [2.24, 2.45) is 4.99 Å². The minimum atomic E-state index is -0.276. The van der Waals surface area contributed by atoms with Gasteiger partial charge in [0, 0.05) is 23.2 Å². The molecule has 0 fully saturated rings. The van der Waals surface area contributed by atoms with E-state index >= 15 is 0 Å². The fraction of sp³-hybridized carbons (Fsp3) is 0.0455. The summed E-state index contributed by atoms with van der Waals surface area (Å²) in [5.41, 5.74) is 1.86. The molecule has 4 aromatic rings. The van der Waals surface area contributed by atoms with Crippen molar-refractivity contribution in [2.45, 2.75) is 6.92 Å². The van der Waals surface area contributed by atoms with Gasteiger partial charge in [-0.1, -0.05) is 42.0 Å². The van der Waals surface area contributed by atoms with E-state index in [4.69, 9.17) is 0 Å². The van der Waals surface area contributed by atoms with Gasteiger partial charge in [0.05, 0.1) is 11.3 Å². The molecule has 0 aliphatic carbocycles. The Balaban J connectivity index is 1.99. The SMILES string of the molecule is Cc1ccc(-n2c(O)c(C=Nc3ccccn3)c3ccccc3c2=O)cc1. The molecule has 0 atom stereocenters. The van der Waals surface area contributed by atoms with Crippen LogP contribution in [0, 0.1) is 6.92 Å². The van der Waals surface area contributed by atoms with Crippen molar-refractivity contribution in [3.05, 3.63) is 94.4 Å². The van der Waals surface area contributed by atoms with Crippen LogP contribution in [0.15, 0.2) is 82.7 Å². The normalized spacial score (nSPS) is 11.3. The lowest BCUT2D eigenvalue weighted by Gasteiger charge is -2.13. The Morgan fingerprint density at radius 3 is 2.37 bits per heavy atom. The Hall–Kier alpha value is -3.73. The van der Waals surface area contributed by atoms with Gasteiger partial charge < -0.3 is 5.11 Å². The van der Waals surface area contributed by atoms with E-state index in [-0.39, 0.29) is 11.4 Å². The van der Waals surface area contributed by atoms with Crippen LogP contribution in [0.3, 0.4) is 0 Å². The highest BCUT2D eigenvalue weighted by Gasteiger charge is 2.16. The summed E-state index contributed by atoms with van der Waals surface area (Å²) < 4.78 is 1.31. The summed E-state index contributed by atoms with van der Waals surface area (Å²) in [5.74, 6) is 0.372. The number of hydrogen-bond donors (Lipinski definition) is 1. The first-order chi connectivity index (χ1) is 13.1. The van der Waals surface area contributed by atoms with Crippen LogP contribution >= 0.6 is 0 Å². The number of aromatic nitrogens is 2. The number of aryl methyl sites for hydroxylation is 1. The topological polar surface area (TPSA) is 67.5 Å². The average Bonchev–Trinajstić information content (AvgIpc) is 2.70. The first-order valence-corrected chi connectivity index (χ1v) is 8.54. The van der Waals surface area contributed by atoms with Crippen molar-refractivity contribution in [1.29, 1.82) is 0 Å². The summed E-state index contributed by atoms with van der Waals surface area (Å²) in [6, 6.07) is 20.0. The van der Waals surface area contributed by atoms with Crippen molar-refractivity contribution in [3.63, 3.8) is 0 Å². The lowest BCUT2D eigenvalue weighted by atomic mass is 10.1. The predicted octanol–water partition coefficient (Wildman–Crippen LogP) is 4.15. The van der Waals surface area contributed by atoms with Crippen molar-refractivity contribution in [2.75, 3.05) is 0 Å². The van der Waals surface area contributed by atoms with Crippen LogP contribution in [0.2, 0.25) is 0 Å². The van der Waals surface area contributed by atoms with E-state index in [0.29, 0.717) is 27.8 Å². The highest BCUT2D eigenvalue weighted by Crippen LogP contribution is 2.26. The molecule has 27 heavy (non-hydrogen) atoms. The van der Waals surface area contributed by atoms with Gasteiger partial charge in [-0.05, 0) is 37.3 Å². The molecule has 1 N–H and O–H groups in total. The van der Waals surface area contributed by atoms with Crippen molar-refractivity contribution in [1.82, 2.24) is 9.55 Å². The molecule has 0 amide bonds. The summed E-state index contributed by atoms with van der Waals surface area (Å²) in [4.78, 5) is 21.5. The second kappa shape index (κ2) is 6.88. The Bertz CT molecular complexity index is 1190. The second-order valence-corrected chi connectivity index (χ2v) is 6.21. The average molecular weight is 355 g/mol. The van der Waals surface area contributed by atoms with E-state index in [1.54, 1.807) is 36.7 Å². The molecule has 4 rings (SSSR count). The smallest absolute Gasteiger partial charge is 0.265 e. The molecule has 5 nitrogen and oxygen atoms in total. The van der Waals surface area contributed by atoms with Gasteiger partial charge in [-0.2, -0.15) is 0 Å². The van der Waals surface area contributed by atoms with Gasteiger partial charge in [0.25, 0.3) is 5.56 Å². The quantitative estimate of drug-likeness (QED) is 0.561. The monoisotopic (exact) mass is 355 g/mol.